The molecule has 2 aliphatic heterocycles. The molecule has 406 valence electrons. The van der Waals surface area contributed by atoms with Crippen LogP contribution < -0.4 is 31.1 Å². The molecule has 0 spiro atoms. The number of hydrogen-bond acceptors (Lipinski definition) is 3. The van der Waals surface area contributed by atoms with Crippen LogP contribution in [0.3, 0.4) is 0 Å². The van der Waals surface area contributed by atoms with Crippen LogP contribution >= 0.6 is 0 Å². The van der Waals surface area contributed by atoms with Gasteiger partial charge in [0.15, 0.2) is 0 Å². The average Bonchev–Trinajstić information content (AvgIpc) is 3.64. The SMILES string of the molecule is Cc1cc2c(cc1N1c3cc4c(cc3B3c5cc6c(cc5N(c5ccc(C(C)(C)C)cc5-c5ccccc5)c5cc(N(c7ccccc7)c7ccccc7)cc1c53)C(C)(C)CCC6(C)C)C(C)(C)CC4(C)C)C(C)(C)CCC2(C)C. The van der Waals surface area contributed by atoms with E-state index in [-0.39, 0.29) is 44.6 Å². The van der Waals surface area contributed by atoms with Crippen LogP contribution in [-0.2, 0) is 37.9 Å². The Morgan fingerprint density at radius 1 is 0.388 bits per heavy atom. The normalized spacial score (nSPS) is 19.0. The first-order chi connectivity index (χ1) is 37.7. The van der Waals surface area contributed by atoms with Gasteiger partial charge >= 0.3 is 0 Å². The van der Waals surface area contributed by atoms with Crippen molar-refractivity contribution in [2.75, 3.05) is 14.7 Å². The maximum Gasteiger partial charge on any atom is 0.252 e. The topological polar surface area (TPSA) is 9.72 Å². The van der Waals surface area contributed by atoms with Crippen LogP contribution in [0, 0.1) is 6.92 Å². The van der Waals surface area contributed by atoms with Gasteiger partial charge in [-0.15, -0.1) is 0 Å². The van der Waals surface area contributed by atoms with Gasteiger partial charge in [0, 0.05) is 45.4 Å². The summed E-state index contributed by atoms with van der Waals surface area (Å²) >= 11 is 0. The molecule has 0 amide bonds. The van der Waals surface area contributed by atoms with Crippen molar-refractivity contribution in [3.8, 4) is 11.1 Å². The largest absolute Gasteiger partial charge is 0.311 e. The van der Waals surface area contributed by atoms with Gasteiger partial charge in [-0.1, -0.05) is 195 Å². The number of anilines is 9. The van der Waals surface area contributed by atoms with Crippen LogP contribution in [-0.4, -0.2) is 6.71 Å². The molecule has 3 nitrogen and oxygen atoms in total. The summed E-state index contributed by atoms with van der Waals surface area (Å²) in [5, 5.41) is 0. The summed E-state index contributed by atoms with van der Waals surface area (Å²) in [6, 6.07) is 62.0. The van der Waals surface area contributed by atoms with Gasteiger partial charge in [0.1, 0.15) is 0 Å². The third-order valence-electron chi connectivity index (χ3n) is 20.4. The predicted octanol–water partition coefficient (Wildman–Crippen LogP) is 19.2. The fourth-order valence-corrected chi connectivity index (χ4v) is 15.7. The Labute approximate surface area is 480 Å². The smallest absolute Gasteiger partial charge is 0.252 e. The van der Waals surface area contributed by atoms with Crippen molar-refractivity contribution in [2.45, 2.75) is 181 Å². The van der Waals surface area contributed by atoms with Gasteiger partial charge in [0.05, 0.1) is 11.4 Å². The Bertz CT molecular complexity index is 3770. The zero-order valence-corrected chi connectivity index (χ0v) is 51.0. The standard InChI is InChI=1S/C76H84BN3/c1-48-38-55-58(73(9,10)36-34-71(55,5)6)44-64(48)80-66-46-60-57(75(13,14)47-76(60,15)16)43-62(66)77-61-42-56-59(74(11,12)37-35-72(56,7)8)45-65(61)79(63-33-32-50(70(2,3)4)39-54(63)49-26-20-17-21-27-49)67-40-53(41-68(80)69(67)77)78(51-28-22-18-23-29-51)52-30-24-19-25-31-52/h17-33,38-46H,34-37,47H2,1-16H3. The van der Waals surface area contributed by atoms with Crippen LogP contribution in [0.5, 0.6) is 0 Å². The Kier molecular flexibility index (Phi) is 11.6. The van der Waals surface area contributed by atoms with E-state index in [1.54, 1.807) is 0 Å². The molecule has 0 N–H and O–H groups in total. The zero-order valence-electron chi connectivity index (χ0n) is 51.0. The molecule has 4 heteroatoms. The summed E-state index contributed by atoms with van der Waals surface area (Å²) in [6.07, 6.45) is 5.72. The van der Waals surface area contributed by atoms with E-state index in [0.29, 0.717) is 0 Å². The number of nitrogens with zero attached hydrogens (tertiary/aromatic N) is 3. The van der Waals surface area contributed by atoms with Crippen molar-refractivity contribution in [2.24, 2.45) is 0 Å². The highest BCUT2D eigenvalue weighted by atomic mass is 15.2. The first-order valence-corrected chi connectivity index (χ1v) is 30.1. The Balaban J connectivity index is 1.24. The van der Waals surface area contributed by atoms with E-state index < -0.39 is 0 Å². The second kappa shape index (κ2) is 17.6. The van der Waals surface area contributed by atoms with Crippen LogP contribution in [0.1, 0.15) is 180 Å². The fourth-order valence-electron chi connectivity index (χ4n) is 15.7. The first-order valence-electron chi connectivity index (χ1n) is 30.1. The van der Waals surface area contributed by atoms with Crippen LogP contribution in [0.2, 0.25) is 0 Å². The second-order valence-electron chi connectivity index (χ2n) is 29.9. The van der Waals surface area contributed by atoms with Gasteiger partial charge in [-0.3, -0.25) is 0 Å². The summed E-state index contributed by atoms with van der Waals surface area (Å²) in [7, 11) is 0. The van der Waals surface area contributed by atoms with Crippen molar-refractivity contribution in [1.29, 1.82) is 0 Å². The van der Waals surface area contributed by atoms with Gasteiger partial charge < -0.3 is 14.7 Å². The highest BCUT2D eigenvalue weighted by molar-refractivity contribution is 7.00. The third kappa shape index (κ3) is 8.10. The predicted molar refractivity (Wildman–Crippen MR) is 345 cm³/mol. The minimum Gasteiger partial charge on any atom is -0.311 e. The summed E-state index contributed by atoms with van der Waals surface area (Å²) in [5.41, 5.74) is 29.2. The molecule has 0 unspecified atom stereocenters. The van der Waals surface area contributed by atoms with Crippen LogP contribution in [0.15, 0.2) is 158 Å². The quantitative estimate of drug-likeness (QED) is 0.154. The number of fused-ring (bicyclic) bond motifs is 7. The van der Waals surface area contributed by atoms with Crippen LogP contribution in [0.25, 0.3) is 11.1 Å². The number of rotatable bonds is 6. The summed E-state index contributed by atoms with van der Waals surface area (Å²) in [4.78, 5) is 8.02. The van der Waals surface area contributed by atoms with Gasteiger partial charge in [0.25, 0.3) is 6.71 Å². The minimum absolute atomic E-state index is 0.000342. The molecule has 0 atom stereocenters. The van der Waals surface area contributed by atoms with Gasteiger partial charge in [-0.2, -0.15) is 0 Å². The molecule has 2 heterocycles. The summed E-state index contributed by atoms with van der Waals surface area (Å²) in [6.45, 7) is 39.4. The molecule has 0 fully saturated rings. The lowest BCUT2D eigenvalue weighted by Crippen LogP contribution is -2.62. The molecule has 0 saturated carbocycles. The van der Waals surface area contributed by atoms with Crippen molar-refractivity contribution in [3.63, 3.8) is 0 Å². The average molecular weight is 1050 g/mol. The van der Waals surface area contributed by atoms with E-state index >= 15 is 0 Å². The second-order valence-corrected chi connectivity index (χ2v) is 29.9. The molecule has 0 bridgehead atoms. The molecular formula is C76H84BN3. The molecule has 80 heavy (non-hydrogen) atoms. The van der Waals surface area contributed by atoms with Crippen molar-refractivity contribution in [3.05, 3.63) is 202 Å². The fraction of sp³-hybridized carbons (Fsp3) is 0.368. The lowest BCUT2D eigenvalue weighted by atomic mass is 9.33. The van der Waals surface area contributed by atoms with Crippen molar-refractivity contribution in [1.82, 2.24) is 0 Å². The number of benzene rings is 8. The van der Waals surface area contributed by atoms with E-state index in [2.05, 4.69) is 283 Å². The molecule has 0 saturated heterocycles. The lowest BCUT2D eigenvalue weighted by Gasteiger charge is -2.49. The number of aryl methyl sites for hydroxylation is 1. The van der Waals surface area contributed by atoms with Crippen molar-refractivity contribution < 1.29 is 0 Å². The molecule has 0 aromatic heterocycles. The van der Waals surface area contributed by atoms with Gasteiger partial charge in [-0.05, 0) is 210 Å². The highest BCUT2D eigenvalue weighted by Gasteiger charge is 2.51. The molecule has 0 radical (unpaired) electrons. The van der Waals surface area contributed by atoms with Crippen LogP contribution in [0.4, 0.5) is 51.2 Å². The lowest BCUT2D eigenvalue weighted by molar-refractivity contribution is 0.332. The molecular weight excluding hydrogens is 966 g/mol. The van der Waals surface area contributed by atoms with E-state index in [0.717, 1.165) is 42.7 Å². The zero-order chi connectivity index (χ0) is 56.4. The van der Waals surface area contributed by atoms with E-state index in [1.165, 1.54) is 113 Å². The third-order valence-corrected chi connectivity index (χ3v) is 20.4. The molecule has 3 aliphatic carbocycles. The summed E-state index contributed by atoms with van der Waals surface area (Å²) in [5.74, 6) is 0. The van der Waals surface area contributed by atoms with E-state index in [1.807, 2.05) is 0 Å². The molecule has 13 rings (SSSR count). The van der Waals surface area contributed by atoms with Gasteiger partial charge in [0.2, 0.25) is 0 Å². The Morgan fingerprint density at radius 3 is 1.26 bits per heavy atom. The summed E-state index contributed by atoms with van der Waals surface area (Å²) < 4.78 is 0. The maximum atomic E-state index is 2.77. The number of hydrogen-bond donors (Lipinski definition) is 0. The number of para-hydroxylation sites is 2. The highest BCUT2D eigenvalue weighted by Crippen LogP contribution is 2.57. The maximum absolute atomic E-state index is 2.77. The van der Waals surface area contributed by atoms with Crippen molar-refractivity contribution >= 4 is 74.3 Å². The molecule has 8 aromatic rings. The van der Waals surface area contributed by atoms with E-state index in [9.17, 15) is 0 Å². The van der Waals surface area contributed by atoms with E-state index in [4.69, 9.17) is 0 Å². The molecule has 5 aliphatic rings. The Hall–Kier alpha value is -6.78. The molecule has 8 aromatic carbocycles. The Morgan fingerprint density at radius 2 is 0.787 bits per heavy atom. The minimum atomic E-state index is -0.0596. The van der Waals surface area contributed by atoms with Gasteiger partial charge in [-0.25, -0.2) is 0 Å². The first kappa shape index (κ1) is 52.6. The monoisotopic (exact) mass is 1050 g/mol.